The van der Waals surface area contributed by atoms with E-state index in [-0.39, 0.29) is 0 Å². The highest BCUT2D eigenvalue weighted by molar-refractivity contribution is 5.73. The summed E-state index contributed by atoms with van der Waals surface area (Å²) in [5.74, 6) is -0.784. The van der Waals surface area contributed by atoms with Gasteiger partial charge >= 0.3 is 0 Å². The monoisotopic (exact) mass is 1520 g/mol. The van der Waals surface area contributed by atoms with Gasteiger partial charge < -0.3 is 229 Å². The second-order valence-electron chi connectivity index (χ2n) is 26.0. The predicted molar refractivity (Wildman–Crippen MR) is 309 cm³/mol. The predicted octanol–water partition coefficient (Wildman–Crippen LogP) is -20.5. The van der Waals surface area contributed by atoms with Gasteiger partial charge in [-0.1, -0.05) is 0 Å². The molecule has 0 radical (unpaired) electrons. The van der Waals surface area contributed by atoms with Crippen LogP contribution in [0.25, 0.3) is 0 Å². The number of aliphatic hydroxyl groups is 28. The van der Waals surface area contributed by atoms with Crippen molar-refractivity contribution < 1.29 is 228 Å². The molecule has 0 aromatic rings. The summed E-state index contributed by atoms with van der Waals surface area (Å²) in [6.45, 7) is -8.64. The van der Waals surface area contributed by atoms with E-state index in [1.54, 1.807) is 0 Å². The lowest BCUT2D eigenvalue weighted by Crippen LogP contribution is -2.69. The number of aliphatic hydroxyl groups excluding tert-OH is 28. The highest BCUT2D eigenvalue weighted by atomic mass is 16.8. The summed E-state index contributed by atoms with van der Waals surface area (Å²) < 4.78 is 97.9. The first-order valence-corrected chi connectivity index (χ1v) is 32.7. The van der Waals surface area contributed by atoms with Crippen LogP contribution in [0.2, 0.25) is 0 Å². The zero-order valence-corrected chi connectivity index (χ0v) is 54.2. The van der Waals surface area contributed by atoms with Crippen LogP contribution in [0.5, 0.6) is 0 Å². The van der Waals surface area contributed by atoms with E-state index in [1.165, 1.54) is 0 Å². The van der Waals surface area contributed by atoms with Gasteiger partial charge in [-0.2, -0.15) is 0 Å². The standard InChI is InChI=1S/C56H95NO46/c1-11(65)57-21-29(73)42(17(7-63)89-48(21)86)98-53-39(83)35(79)43(18(8-64)95-53)99-54-41(85)45(101-55-47(34(78)26(70)15(5-61)93-55)103-56-46(33(77)25(69)16(6-62)94-56)102-52-38(82)32(76)24(68)14(4-60)92-52)28(72)20(97-54)10-88-50-40(84)44(100-51-37(81)31(75)23(67)13(3-59)91-51)27(71)19(96-50)9-87-49-36(80)30(74)22(66)12(2-58)90-49/h12-56,58-64,66-86H,2-10H2,1H3,(H,57,65)/t12-,13-,14-,15-,16-,17-,18-,19-,20-,21-,22-,23-,24-,25-,26-,27-,28-,29-,30+,31+,32+,33+,34+,35-,36+,37+,38+,39-,40+,41+,42-,43-,44+,45+,46+,47+,48?,49+,50+,51-,52-,53+,54+,55-,56-/m1/s1. The Bertz CT molecular complexity index is 2580. The molecule has 9 aliphatic rings. The molecule has 9 heterocycles. The van der Waals surface area contributed by atoms with E-state index in [0.29, 0.717) is 0 Å². The molecule has 9 rings (SSSR count). The maximum absolute atomic E-state index is 12.4. The van der Waals surface area contributed by atoms with Gasteiger partial charge in [0.15, 0.2) is 56.6 Å². The average molecular weight is 1520 g/mol. The minimum atomic E-state index is -2.57. The van der Waals surface area contributed by atoms with Crippen LogP contribution in [0, 0.1) is 0 Å². The summed E-state index contributed by atoms with van der Waals surface area (Å²) in [6, 6.07) is -1.64. The van der Waals surface area contributed by atoms with Gasteiger partial charge in [-0.15, -0.1) is 0 Å². The normalized spacial score (nSPS) is 52.4. The van der Waals surface area contributed by atoms with E-state index in [2.05, 4.69) is 5.32 Å². The SMILES string of the molecule is CC(=O)N[C@H]1C(O)O[C@H](CO)[C@@H](O[C@@H]2O[C@H](CO)[C@@H](O[C@@H]3O[C@H](CO[C@H]4O[C@H](CO[C@H]5O[C@H](CO)[C@@H](O)[C@H](O)[C@@H]5O)[C@@H](O)[C@H](O[C@H]5O[C@H](CO)[C@@H](O)[C@H](O)[C@@H]5O)[C@@H]4O)[C@@H](O)[C@H](O[C@H]4O[C@H](CO)[C@@H](O)[C@H](O)[C@@H]4O[C@H]4O[C@H](CO)[C@@H](O)[C@H](O)[C@@H]4O[C@H]4O[C@H](CO)[C@@H](O)[C@H](O)[C@@H]4O)[C@@H]3O)[C@H](O)[C@H]2O)[C@@H]1O. The highest BCUT2D eigenvalue weighted by Gasteiger charge is 2.60. The van der Waals surface area contributed by atoms with Gasteiger partial charge in [0.1, 0.15) is 220 Å². The number of carbonyl (C=O) groups is 1. The number of carbonyl (C=O) groups excluding carboxylic acids is 1. The maximum Gasteiger partial charge on any atom is 0.217 e. The lowest BCUT2D eigenvalue weighted by molar-refractivity contribution is -0.409. The zero-order valence-electron chi connectivity index (χ0n) is 54.2. The molecule has 0 spiro atoms. The molecule has 1 unspecified atom stereocenters. The topological polar surface area (TPSA) is 752 Å². The summed E-state index contributed by atoms with van der Waals surface area (Å²) >= 11 is 0. The third-order valence-corrected chi connectivity index (χ3v) is 19.1. The van der Waals surface area contributed by atoms with Gasteiger partial charge in [0, 0.05) is 6.92 Å². The molecule has 103 heavy (non-hydrogen) atoms. The van der Waals surface area contributed by atoms with Crippen LogP contribution >= 0.6 is 0 Å². The van der Waals surface area contributed by atoms with Crippen LogP contribution in [0.15, 0.2) is 0 Å². The smallest absolute Gasteiger partial charge is 0.217 e. The molecule has 600 valence electrons. The first-order valence-electron chi connectivity index (χ1n) is 32.7. The Kier molecular flexibility index (Phi) is 30.2. The summed E-state index contributed by atoms with van der Waals surface area (Å²) in [4.78, 5) is 12.0. The Hall–Kier alpha value is -2.33. The van der Waals surface area contributed by atoms with E-state index in [0.717, 1.165) is 6.92 Å². The Morgan fingerprint density at radius 3 is 0.913 bits per heavy atom. The molecule has 45 atom stereocenters. The van der Waals surface area contributed by atoms with Crippen molar-refractivity contribution >= 4 is 5.91 Å². The fourth-order valence-corrected chi connectivity index (χ4v) is 13.1. The van der Waals surface area contributed by atoms with Gasteiger partial charge in [-0.25, -0.2) is 0 Å². The van der Waals surface area contributed by atoms with Crippen molar-refractivity contribution in [3.8, 4) is 0 Å². The summed E-state index contributed by atoms with van der Waals surface area (Å²) in [5.41, 5.74) is 0. The highest BCUT2D eigenvalue weighted by Crippen LogP contribution is 2.39. The first kappa shape index (κ1) is 84.7. The number of hydrogen-bond donors (Lipinski definition) is 29. The Labute approximate surface area is 581 Å². The molecule has 0 aromatic heterocycles. The van der Waals surface area contributed by atoms with Gasteiger partial charge in [0.25, 0.3) is 0 Å². The average Bonchev–Trinajstić information content (AvgIpc) is 0.772. The van der Waals surface area contributed by atoms with E-state index in [4.69, 9.17) is 80.5 Å². The van der Waals surface area contributed by atoms with Gasteiger partial charge in [0.05, 0.1) is 59.5 Å². The Morgan fingerprint density at radius 2 is 0.505 bits per heavy atom. The zero-order chi connectivity index (χ0) is 75.6. The van der Waals surface area contributed by atoms with E-state index in [1.807, 2.05) is 0 Å². The van der Waals surface area contributed by atoms with Crippen LogP contribution in [0.3, 0.4) is 0 Å². The van der Waals surface area contributed by atoms with Crippen LogP contribution in [-0.4, -0.2) is 485 Å². The molecule has 0 bridgehead atoms. The van der Waals surface area contributed by atoms with Crippen molar-refractivity contribution in [1.82, 2.24) is 5.32 Å². The molecule has 0 saturated carbocycles. The maximum atomic E-state index is 12.4. The van der Waals surface area contributed by atoms with Crippen LogP contribution in [0.4, 0.5) is 0 Å². The minimum Gasteiger partial charge on any atom is -0.394 e. The molecule has 29 N–H and O–H groups in total. The third-order valence-electron chi connectivity index (χ3n) is 19.1. The molecule has 0 aromatic carbocycles. The molecule has 9 aliphatic heterocycles. The molecular formula is C56H95NO46. The molecule has 47 heteroatoms. The van der Waals surface area contributed by atoms with Crippen molar-refractivity contribution in [2.75, 3.05) is 59.5 Å². The molecule has 9 saturated heterocycles. The summed E-state index contributed by atoms with van der Waals surface area (Å²) in [5, 5.41) is 309. The molecule has 1 amide bonds. The molecular weight excluding hydrogens is 1420 g/mol. The number of amides is 1. The van der Waals surface area contributed by atoms with Crippen LogP contribution in [-0.2, 0) is 85.3 Å². The number of nitrogens with one attached hydrogen (secondary N) is 1. The number of hydrogen-bond acceptors (Lipinski definition) is 46. The van der Waals surface area contributed by atoms with E-state index >= 15 is 0 Å². The number of ether oxygens (including phenoxy) is 17. The van der Waals surface area contributed by atoms with Gasteiger partial charge in [-0.05, 0) is 0 Å². The van der Waals surface area contributed by atoms with Crippen molar-refractivity contribution in [2.24, 2.45) is 0 Å². The van der Waals surface area contributed by atoms with Gasteiger partial charge in [-0.3, -0.25) is 4.79 Å². The summed E-state index contributed by atoms with van der Waals surface area (Å²) in [7, 11) is 0. The van der Waals surface area contributed by atoms with E-state index < -0.39 is 342 Å². The lowest BCUT2D eigenvalue weighted by Gasteiger charge is -2.50. The second-order valence-corrected chi connectivity index (χ2v) is 26.0. The van der Waals surface area contributed by atoms with Crippen LogP contribution < -0.4 is 5.32 Å². The Balaban J connectivity index is 1.04. The summed E-state index contributed by atoms with van der Waals surface area (Å²) in [6.07, 6.45) is -93.1. The number of rotatable bonds is 26. The van der Waals surface area contributed by atoms with Gasteiger partial charge in [0.2, 0.25) is 5.91 Å². The van der Waals surface area contributed by atoms with Crippen molar-refractivity contribution in [3.63, 3.8) is 0 Å². The molecule has 9 fully saturated rings. The van der Waals surface area contributed by atoms with Crippen molar-refractivity contribution in [1.29, 1.82) is 0 Å². The van der Waals surface area contributed by atoms with Crippen molar-refractivity contribution in [2.45, 2.75) is 283 Å². The van der Waals surface area contributed by atoms with Crippen LogP contribution in [0.1, 0.15) is 6.92 Å². The quantitative estimate of drug-likeness (QED) is 0.0382. The lowest BCUT2D eigenvalue weighted by atomic mass is 9.94. The van der Waals surface area contributed by atoms with Crippen molar-refractivity contribution in [3.05, 3.63) is 0 Å². The second kappa shape index (κ2) is 36.7. The minimum absolute atomic E-state index is 0.784. The fraction of sp³-hybridized carbons (Fsp3) is 0.982. The molecule has 47 nitrogen and oxygen atoms in total. The largest absolute Gasteiger partial charge is 0.394 e. The Morgan fingerprint density at radius 1 is 0.252 bits per heavy atom. The van der Waals surface area contributed by atoms with E-state index in [9.17, 15) is 148 Å². The fourth-order valence-electron chi connectivity index (χ4n) is 13.1. The third kappa shape index (κ3) is 18.0. The first-order chi connectivity index (χ1) is 48.8. The molecule has 0 aliphatic carbocycles.